The van der Waals surface area contributed by atoms with Gasteiger partial charge >= 0.3 is 0 Å². The van der Waals surface area contributed by atoms with Gasteiger partial charge in [0.25, 0.3) is 5.91 Å². The molecular formula is C14H17FN4O2. The van der Waals surface area contributed by atoms with Crippen LogP contribution >= 0.6 is 0 Å². The van der Waals surface area contributed by atoms with Crippen LogP contribution in [0.5, 0.6) is 5.75 Å². The molecule has 0 saturated carbocycles. The highest BCUT2D eigenvalue weighted by atomic mass is 19.1. The second-order valence-electron chi connectivity index (χ2n) is 4.36. The summed E-state index contributed by atoms with van der Waals surface area (Å²) in [5, 5.41) is 18.6. The molecule has 6 nitrogen and oxygen atoms in total. The van der Waals surface area contributed by atoms with Crippen molar-refractivity contribution in [1.29, 1.82) is 5.41 Å². The van der Waals surface area contributed by atoms with Crippen molar-refractivity contribution in [2.24, 2.45) is 11.5 Å². The molecule has 21 heavy (non-hydrogen) atoms. The van der Waals surface area contributed by atoms with Crippen molar-refractivity contribution in [3.05, 3.63) is 52.6 Å². The summed E-state index contributed by atoms with van der Waals surface area (Å²) < 4.78 is 13.1. The zero-order valence-corrected chi connectivity index (χ0v) is 11.5. The zero-order chi connectivity index (χ0) is 16.0. The van der Waals surface area contributed by atoms with E-state index in [0.29, 0.717) is 5.57 Å². The van der Waals surface area contributed by atoms with Crippen LogP contribution in [0.4, 0.5) is 4.39 Å². The number of carbonyl (C=O) groups is 1. The topological polar surface area (TPSA) is 125 Å². The molecule has 0 atom stereocenters. The Bertz CT molecular complexity index is 623. The van der Waals surface area contributed by atoms with Crippen molar-refractivity contribution in [1.82, 2.24) is 5.32 Å². The molecule has 0 unspecified atom stereocenters. The lowest BCUT2D eigenvalue weighted by atomic mass is 10.2. The predicted octanol–water partition coefficient (Wildman–Crippen LogP) is 0.986. The van der Waals surface area contributed by atoms with Gasteiger partial charge in [-0.05, 0) is 36.8 Å². The molecule has 0 heterocycles. The molecule has 7 heteroatoms. The maximum Gasteiger partial charge on any atom is 0.251 e. The van der Waals surface area contributed by atoms with Gasteiger partial charge in [0.1, 0.15) is 0 Å². The van der Waals surface area contributed by atoms with Crippen LogP contribution < -0.4 is 16.8 Å². The summed E-state index contributed by atoms with van der Waals surface area (Å²) in [4.78, 5) is 11.8. The third-order valence-electron chi connectivity index (χ3n) is 2.63. The number of aromatic hydroxyl groups is 1. The van der Waals surface area contributed by atoms with Gasteiger partial charge in [0.2, 0.25) is 0 Å². The number of amides is 1. The molecule has 7 N–H and O–H groups in total. The fourth-order valence-corrected chi connectivity index (χ4v) is 1.41. The molecule has 1 amide bonds. The molecule has 0 radical (unpaired) electrons. The molecule has 0 saturated heterocycles. The number of allylic oxidation sites excluding steroid dienone is 2. The van der Waals surface area contributed by atoms with E-state index >= 15 is 0 Å². The van der Waals surface area contributed by atoms with Gasteiger partial charge in [0.05, 0.1) is 17.9 Å². The predicted molar refractivity (Wildman–Crippen MR) is 78.3 cm³/mol. The minimum atomic E-state index is -0.879. The normalized spacial score (nSPS) is 12.6. The Kier molecular flexibility index (Phi) is 5.48. The average molecular weight is 292 g/mol. The molecule has 0 bridgehead atoms. The van der Waals surface area contributed by atoms with Gasteiger partial charge in [-0.25, -0.2) is 4.39 Å². The van der Waals surface area contributed by atoms with Gasteiger partial charge in [0.15, 0.2) is 11.6 Å². The zero-order valence-electron chi connectivity index (χ0n) is 11.5. The molecule has 0 spiro atoms. The summed E-state index contributed by atoms with van der Waals surface area (Å²) in [5.74, 6) is -1.95. The van der Waals surface area contributed by atoms with E-state index < -0.39 is 17.5 Å². The van der Waals surface area contributed by atoms with Crippen molar-refractivity contribution in [2.75, 3.05) is 6.54 Å². The number of hydrogen-bond acceptors (Lipinski definition) is 5. The number of phenols is 1. The van der Waals surface area contributed by atoms with E-state index in [-0.39, 0.29) is 23.5 Å². The Morgan fingerprint density at radius 2 is 2.14 bits per heavy atom. The lowest BCUT2D eigenvalue weighted by molar-refractivity contribution is 0.0956. The summed E-state index contributed by atoms with van der Waals surface area (Å²) in [6.07, 6.45) is 2.63. The molecule has 1 rings (SSSR count). The minimum Gasteiger partial charge on any atom is -0.505 e. The number of nitrogens with one attached hydrogen (secondary N) is 2. The van der Waals surface area contributed by atoms with Crippen LogP contribution in [0.1, 0.15) is 17.3 Å². The van der Waals surface area contributed by atoms with Gasteiger partial charge in [-0.1, -0.05) is 0 Å². The highest BCUT2D eigenvalue weighted by molar-refractivity contribution is 5.94. The number of hydrogen-bond donors (Lipinski definition) is 5. The van der Waals surface area contributed by atoms with E-state index in [2.05, 4.69) is 5.32 Å². The first kappa shape index (κ1) is 16.2. The molecular weight excluding hydrogens is 275 g/mol. The molecule has 0 fully saturated rings. The molecule has 0 aliphatic carbocycles. The van der Waals surface area contributed by atoms with Gasteiger partial charge in [-0.15, -0.1) is 0 Å². The van der Waals surface area contributed by atoms with E-state index in [1.807, 2.05) is 0 Å². The van der Waals surface area contributed by atoms with Crippen molar-refractivity contribution < 1.29 is 14.3 Å². The highest BCUT2D eigenvalue weighted by Gasteiger charge is 2.09. The van der Waals surface area contributed by atoms with Crippen LogP contribution in [-0.4, -0.2) is 23.8 Å². The molecule has 1 aromatic carbocycles. The number of nitrogens with two attached hydrogens (primary N) is 2. The first-order valence-corrected chi connectivity index (χ1v) is 6.04. The quantitative estimate of drug-likeness (QED) is 0.410. The number of rotatable bonds is 5. The number of benzene rings is 1. The van der Waals surface area contributed by atoms with Crippen LogP contribution in [-0.2, 0) is 0 Å². The Balaban J connectivity index is 2.74. The third kappa shape index (κ3) is 4.64. The number of halogens is 1. The van der Waals surface area contributed by atoms with E-state index in [0.717, 1.165) is 18.3 Å². The standard InChI is InChI=1S/C14H17FN4O2/c1-8(6-16)4-11(17)12(18)7-19-14(21)9-2-3-13(20)10(15)5-9/h2-6,16,20H,7,17-18H2,1H3,(H,19,21)/b8-4-,12-11-,16-6?. The van der Waals surface area contributed by atoms with Crippen LogP contribution in [0.3, 0.4) is 0 Å². The Morgan fingerprint density at radius 3 is 2.71 bits per heavy atom. The smallest absolute Gasteiger partial charge is 0.251 e. The summed E-state index contributed by atoms with van der Waals surface area (Å²) in [5.41, 5.74) is 12.5. The second kappa shape index (κ2) is 7.09. The first-order chi connectivity index (χ1) is 9.85. The average Bonchev–Trinajstić information content (AvgIpc) is 2.46. The van der Waals surface area contributed by atoms with Crippen molar-refractivity contribution in [2.45, 2.75) is 6.92 Å². The first-order valence-electron chi connectivity index (χ1n) is 6.04. The Labute approximate surface area is 121 Å². The van der Waals surface area contributed by atoms with Gasteiger partial charge in [-0.3, -0.25) is 4.79 Å². The Morgan fingerprint density at radius 1 is 1.48 bits per heavy atom. The lowest BCUT2D eigenvalue weighted by Gasteiger charge is -2.08. The number of carbonyl (C=O) groups excluding carboxylic acids is 1. The van der Waals surface area contributed by atoms with Crippen molar-refractivity contribution in [3.8, 4) is 5.75 Å². The molecule has 0 aliphatic heterocycles. The number of phenolic OH excluding ortho intramolecular Hbond substituents is 1. The fourth-order valence-electron chi connectivity index (χ4n) is 1.41. The molecule has 1 aromatic rings. The van der Waals surface area contributed by atoms with Gasteiger partial charge < -0.3 is 27.3 Å². The highest BCUT2D eigenvalue weighted by Crippen LogP contribution is 2.15. The van der Waals surface area contributed by atoms with Crippen LogP contribution in [0.15, 0.2) is 41.2 Å². The largest absolute Gasteiger partial charge is 0.505 e. The van der Waals surface area contributed by atoms with Crippen LogP contribution in [0, 0.1) is 11.2 Å². The van der Waals surface area contributed by atoms with Gasteiger partial charge in [0, 0.05) is 11.8 Å². The molecule has 0 aromatic heterocycles. The van der Waals surface area contributed by atoms with Crippen molar-refractivity contribution >= 4 is 12.1 Å². The maximum atomic E-state index is 13.1. The Hall–Kier alpha value is -2.83. The third-order valence-corrected chi connectivity index (χ3v) is 2.63. The summed E-state index contributed by atoms with van der Waals surface area (Å²) in [7, 11) is 0. The summed E-state index contributed by atoms with van der Waals surface area (Å²) in [6.45, 7) is 1.67. The SMILES string of the molecule is C/C(C=N)=C/C(N)=C(/N)CNC(=O)c1ccc(O)c(F)c1. The van der Waals surface area contributed by atoms with Crippen LogP contribution in [0.2, 0.25) is 0 Å². The monoisotopic (exact) mass is 292 g/mol. The van der Waals surface area contributed by atoms with Gasteiger partial charge in [-0.2, -0.15) is 0 Å². The fraction of sp³-hybridized carbons (Fsp3) is 0.143. The molecule has 0 aliphatic rings. The maximum absolute atomic E-state index is 13.1. The summed E-state index contributed by atoms with van der Waals surface area (Å²) >= 11 is 0. The van der Waals surface area contributed by atoms with E-state index in [1.165, 1.54) is 12.1 Å². The van der Waals surface area contributed by atoms with Crippen LogP contribution in [0.25, 0.3) is 0 Å². The van der Waals surface area contributed by atoms with Crippen molar-refractivity contribution in [3.63, 3.8) is 0 Å². The minimum absolute atomic E-state index is 0.0189. The molecule has 112 valence electrons. The summed E-state index contributed by atoms with van der Waals surface area (Å²) in [6, 6.07) is 3.30. The van der Waals surface area contributed by atoms with E-state index in [4.69, 9.17) is 22.0 Å². The van der Waals surface area contributed by atoms with E-state index in [9.17, 15) is 9.18 Å². The second-order valence-corrected chi connectivity index (χ2v) is 4.36. The lowest BCUT2D eigenvalue weighted by Crippen LogP contribution is -2.29. The van der Waals surface area contributed by atoms with E-state index in [1.54, 1.807) is 6.92 Å².